The highest BCUT2D eigenvalue weighted by Crippen LogP contribution is 2.24. The molecule has 0 amide bonds. The molecule has 0 atom stereocenters. The van der Waals surface area contributed by atoms with E-state index in [2.05, 4.69) is 0 Å². The molecule has 0 heterocycles. The average molecular weight is 318 g/mol. The first-order chi connectivity index (χ1) is 8.99. The van der Waals surface area contributed by atoms with Gasteiger partial charge in [-0.3, -0.25) is 4.79 Å². The van der Waals surface area contributed by atoms with Crippen LogP contribution in [0.4, 0.5) is 4.39 Å². The first-order valence-corrected chi connectivity index (χ1v) is 6.53. The lowest BCUT2D eigenvalue weighted by Gasteiger charge is -2.05. The molecule has 0 unspecified atom stereocenters. The van der Waals surface area contributed by atoms with E-state index in [9.17, 15) is 9.18 Å². The van der Waals surface area contributed by atoms with Crippen molar-refractivity contribution in [1.82, 2.24) is 0 Å². The van der Waals surface area contributed by atoms with Gasteiger partial charge in [0.25, 0.3) is 0 Å². The van der Waals surface area contributed by atoms with E-state index in [-0.39, 0.29) is 22.8 Å². The third kappa shape index (κ3) is 3.27. The SMILES string of the molecule is O=C(Cc1ccc(Cl)c(Cl)c1)c1cccc(Cl)c1F. The number of ketones is 1. The predicted octanol–water partition coefficient (Wildman–Crippen LogP) is 5.21. The van der Waals surface area contributed by atoms with E-state index in [1.807, 2.05) is 0 Å². The van der Waals surface area contributed by atoms with E-state index in [1.165, 1.54) is 18.2 Å². The summed E-state index contributed by atoms with van der Waals surface area (Å²) >= 11 is 17.3. The Morgan fingerprint density at radius 2 is 1.74 bits per heavy atom. The van der Waals surface area contributed by atoms with Crippen LogP contribution in [-0.4, -0.2) is 5.78 Å². The third-order valence-corrected chi connectivity index (χ3v) is 3.63. The molecule has 2 aromatic carbocycles. The molecule has 0 saturated carbocycles. The minimum absolute atomic E-state index is 0.0291. The van der Waals surface area contributed by atoms with Crippen LogP contribution in [-0.2, 0) is 6.42 Å². The summed E-state index contributed by atoms with van der Waals surface area (Å²) in [6.07, 6.45) is 0.0359. The summed E-state index contributed by atoms with van der Waals surface area (Å²) in [7, 11) is 0. The molecule has 0 aliphatic heterocycles. The van der Waals surface area contributed by atoms with E-state index in [0.29, 0.717) is 15.6 Å². The molecule has 0 radical (unpaired) electrons. The highest BCUT2D eigenvalue weighted by Gasteiger charge is 2.15. The van der Waals surface area contributed by atoms with Crippen LogP contribution in [0.25, 0.3) is 0 Å². The number of Topliss-reactive ketones (excluding diaryl/α,β-unsaturated/α-hetero) is 1. The second kappa shape index (κ2) is 5.91. The van der Waals surface area contributed by atoms with Crippen molar-refractivity contribution >= 4 is 40.6 Å². The summed E-state index contributed by atoms with van der Waals surface area (Å²) < 4.78 is 13.7. The van der Waals surface area contributed by atoms with Crippen molar-refractivity contribution < 1.29 is 9.18 Å². The fraction of sp³-hybridized carbons (Fsp3) is 0.0714. The van der Waals surface area contributed by atoms with Crippen molar-refractivity contribution in [2.24, 2.45) is 0 Å². The van der Waals surface area contributed by atoms with E-state index < -0.39 is 5.82 Å². The Bertz CT molecular complexity index is 641. The molecule has 19 heavy (non-hydrogen) atoms. The Labute approximate surface area is 124 Å². The van der Waals surface area contributed by atoms with Gasteiger partial charge in [-0.1, -0.05) is 46.9 Å². The van der Waals surface area contributed by atoms with Crippen molar-refractivity contribution in [3.05, 3.63) is 68.4 Å². The number of hydrogen-bond acceptors (Lipinski definition) is 1. The highest BCUT2D eigenvalue weighted by molar-refractivity contribution is 6.42. The number of halogens is 4. The lowest BCUT2D eigenvalue weighted by Crippen LogP contribution is -2.06. The van der Waals surface area contributed by atoms with Crippen molar-refractivity contribution in [2.75, 3.05) is 0 Å². The summed E-state index contributed by atoms with van der Waals surface area (Å²) in [5.74, 6) is -1.06. The van der Waals surface area contributed by atoms with Crippen molar-refractivity contribution in [1.29, 1.82) is 0 Å². The van der Waals surface area contributed by atoms with Gasteiger partial charge >= 0.3 is 0 Å². The van der Waals surface area contributed by atoms with Crippen LogP contribution in [0.2, 0.25) is 15.1 Å². The molecular weight excluding hydrogens is 310 g/mol. The molecule has 2 aromatic rings. The van der Waals surface area contributed by atoms with Gasteiger partial charge in [-0.05, 0) is 29.8 Å². The Balaban J connectivity index is 2.26. The van der Waals surface area contributed by atoms with Crippen LogP contribution < -0.4 is 0 Å². The number of rotatable bonds is 3. The zero-order valence-corrected chi connectivity index (χ0v) is 11.9. The zero-order valence-electron chi connectivity index (χ0n) is 9.59. The van der Waals surface area contributed by atoms with E-state index in [0.717, 1.165) is 0 Å². The molecule has 0 N–H and O–H groups in total. The monoisotopic (exact) mass is 316 g/mol. The molecule has 0 aromatic heterocycles. The van der Waals surface area contributed by atoms with Crippen molar-refractivity contribution in [3.8, 4) is 0 Å². The number of benzene rings is 2. The Hall–Kier alpha value is -1.09. The van der Waals surface area contributed by atoms with Crippen LogP contribution in [0.15, 0.2) is 36.4 Å². The number of carbonyl (C=O) groups is 1. The van der Waals surface area contributed by atoms with E-state index in [1.54, 1.807) is 18.2 Å². The first kappa shape index (κ1) is 14.3. The molecule has 0 aliphatic carbocycles. The van der Waals surface area contributed by atoms with Gasteiger partial charge in [0.2, 0.25) is 0 Å². The molecule has 0 bridgehead atoms. The minimum atomic E-state index is -0.700. The van der Waals surface area contributed by atoms with Crippen molar-refractivity contribution in [2.45, 2.75) is 6.42 Å². The smallest absolute Gasteiger partial charge is 0.170 e. The molecule has 0 saturated heterocycles. The molecule has 0 aliphatic rings. The quantitative estimate of drug-likeness (QED) is 0.710. The fourth-order valence-electron chi connectivity index (χ4n) is 1.65. The Morgan fingerprint density at radius 3 is 2.42 bits per heavy atom. The van der Waals surface area contributed by atoms with E-state index >= 15 is 0 Å². The van der Waals surface area contributed by atoms with Gasteiger partial charge in [-0.15, -0.1) is 0 Å². The van der Waals surface area contributed by atoms with Crippen LogP contribution in [0.5, 0.6) is 0 Å². The molecule has 0 fully saturated rings. The molecule has 2 rings (SSSR count). The van der Waals surface area contributed by atoms with E-state index in [4.69, 9.17) is 34.8 Å². The Kier molecular flexibility index (Phi) is 4.46. The van der Waals surface area contributed by atoms with Crippen LogP contribution in [0, 0.1) is 5.82 Å². The second-order valence-electron chi connectivity index (χ2n) is 3.95. The predicted molar refractivity (Wildman–Crippen MR) is 75.9 cm³/mol. The van der Waals surface area contributed by atoms with Crippen LogP contribution in [0.1, 0.15) is 15.9 Å². The molecular formula is C14H8Cl3FO. The lowest BCUT2D eigenvalue weighted by atomic mass is 10.0. The number of carbonyl (C=O) groups excluding carboxylic acids is 1. The minimum Gasteiger partial charge on any atom is -0.294 e. The first-order valence-electron chi connectivity index (χ1n) is 5.40. The maximum absolute atomic E-state index is 13.7. The topological polar surface area (TPSA) is 17.1 Å². The summed E-state index contributed by atoms with van der Waals surface area (Å²) in [6, 6.07) is 9.20. The maximum Gasteiger partial charge on any atom is 0.170 e. The summed E-state index contributed by atoms with van der Waals surface area (Å²) in [5.41, 5.74) is 0.636. The maximum atomic E-state index is 13.7. The number of hydrogen-bond donors (Lipinski definition) is 0. The third-order valence-electron chi connectivity index (χ3n) is 2.60. The Morgan fingerprint density at radius 1 is 1.00 bits per heavy atom. The van der Waals surface area contributed by atoms with Gasteiger partial charge in [-0.25, -0.2) is 4.39 Å². The van der Waals surface area contributed by atoms with Gasteiger partial charge in [0.1, 0.15) is 0 Å². The van der Waals surface area contributed by atoms with Gasteiger partial charge in [0.05, 0.1) is 20.6 Å². The largest absolute Gasteiger partial charge is 0.294 e. The van der Waals surface area contributed by atoms with Gasteiger partial charge < -0.3 is 0 Å². The summed E-state index contributed by atoms with van der Waals surface area (Å²) in [5, 5.41) is 0.699. The zero-order chi connectivity index (χ0) is 14.0. The highest BCUT2D eigenvalue weighted by atomic mass is 35.5. The normalized spacial score (nSPS) is 10.5. The molecule has 1 nitrogen and oxygen atoms in total. The van der Waals surface area contributed by atoms with Crippen molar-refractivity contribution in [3.63, 3.8) is 0 Å². The fourth-order valence-corrected chi connectivity index (χ4v) is 2.14. The van der Waals surface area contributed by atoms with Crippen LogP contribution >= 0.6 is 34.8 Å². The molecule has 98 valence electrons. The second-order valence-corrected chi connectivity index (χ2v) is 5.17. The molecule has 0 spiro atoms. The molecule has 5 heteroatoms. The lowest BCUT2D eigenvalue weighted by molar-refractivity contribution is 0.0989. The van der Waals surface area contributed by atoms with Gasteiger partial charge in [0, 0.05) is 6.42 Å². The van der Waals surface area contributed by atoms with Gasteiger partial charge in [0.15, 0.2) is 11.6 Å². The summed E-state index contributed by atoms with van der Waals surface area (Å²) in [6.45, 7) is 0. The summed E-state index contributed by atoms with van der Waals surface area (Å²) in [4.78, 5) is 12.0. The average Bonchev–Trinajstić information content (AvgIpc) is 2.37. The van der Waals surface area contributed by atoms with Gasteiger partial charge in [-0.2, -0.15) is 0 Å². The van der Waals surface area contributed by atoms with Crippen LogP contribution in [0.3, 0.4) is 0 Å². The standard InChI is InChI=1S/C14H8Cl3FO/c15-10-5-4-8(6-12(10)17)7-13(19)9-2-1-3-11(16)14(9)18/h1-6H,7H2.